The number of carbonyl (C=O) groups is 1. The molecule has 32 heavy (non-hydrogen) atoms. The Kier molecular flexibility index (Phi) is 4.96. The van der Waals surface area contributed by atoms with Gasteiger partial charge in [0, 0.05) is 24.5 Å². The summed E-state index contributed by atoms with van der Waals surface area (Å²) in [6, 6.07) is 14.2. The Morgan fingerprint density at radius 3 is 2.78 bits per heavy atom. The molecule has 3 aromatic rings. The van der Waals surface area contributed by atoms with Crippen LogP contribution in [0.3, 0.4) is 0 Å². The van der Waals surface area contributed by atoms with Gasteiger partial charge in [0.2, 0.25) is 0 Å². The maximum atomic E-state index is 12.3. The number of methoxy groups -OCH3 is 1. The maximum Gasteiger partial charge on any atom is 0.338 e. The van der Waals surface area contributed by atoms with E-state index < -0.39 is 5.97 Å². The lowest BCUT2D eigenvalue weighted by atomic mass is 9.99. The highest BCUT2D eigenvalue weighted by atomic mass is 16.5. The first-order chi connectivity index (χ1) is 15.4. The van der Waals surface area contributed by atoms with Gasteiger partial charge in [-0.15, -0.1) is 0 Å². The van der Waals surface area contributed by atoms with Gasteiger partial charge in [-0.1, -0.05) is 18.2 Å². The van der Waals surface area contributed by atoms with E-state index in [0.717, 1.165) is 23.8 Å². The van der Waals surface area contributed by atoms with Crippen molar-refractivity contribution in [1.29, 1.82) is 0 Å². The summed E-state index contributed by atoms with van der Waals surface area (Å²) in [6.45, 7) is 5.79. The first-order valence-corrected chi connectivity index (χ1v) is 11.1. The van der Waals surface area contributed by atoms with Crippen LogP contribution in [-0.4, -0.2) is 43.1 Å². The molecule has 0 radical (unpaired) electrons. The van der Waals surface area contributed by atoms with Crippen LogP contribution >= 0.6 is 0 Å². The molecule has 1 fully saturated rings. The second-order valence-electron chi connectivity index (χ2n) is 9.43. The molecule has 6 nitrogen and oxygen atoms in total. The highest BCUT2D eigenvalue weighted by Gasteiger charge is 2.34. The number of rotatable bonds is 5. The van der Waals surface area contributed by atoms with E-state index in [-0.39, 0.29) is 5.54 Å². The number of fused-ring (bicyclic) bond motifs is 2. The average Bonchev–Trinajstić information content (AvgIpc) is 3.54. The van der Waals surface area contributed by atoms with Gasteiger partial charge < -0.3 is 18.9 Å². The molecule has 2 heterocycles. The molecule has 2 aliphatic rings. The Bertz CT molecular complexity index is 1220. The molecule has 0 saturated heterocycles. The van der Waals surface area contributed by atoms with E-state index in [1.54, 1.807) is 12.1 Å². The Morgan fingerprint density at radius 1 is 1.25 bits per heavy atom. The molecule has 6 heteroatoms. The summed E-state index contributed by atoms with van der Waals surface area (Å²) < 4.78 is 13.4. The molecule has 1 aromatic heterocycles. The van der Waals surface area contributed by atoms with Crippen molar-refractivity contribution >= 4 is 34.5 Å². The number of hydrogen-bond donors (Lipinski definition) is 0. The number of carbonyl (C=O) groups excluding carboxylic acids is 1. The SMILES string of the molecule is COC(=O)c1cc(/N=C/c2cc3ccccc3n2CC2CC2)c2c(c1)OCC(C)(C)N2C. The van der Waals surface area contributed by atoms with Crippen LogP contribution in [0, 0.1) is 5.92 Å². The van der Waals surface area contributed by atoms with E-state index in [1.807, 2.05) is 13.3 Å². The van der Waals surface area contributed by atoms with Crippen molar-refractivity contribution in [2.75, 3.05) is 25.7 Å². The van der Waals surface area contributed by atoms with Crippen molar-refractivity contribution in [1.82, 2.24) is 4.57 Å². The number of nitrogens with zero attached hydrogens (tertiary/aromatic N) is 3. The van der Waals surface area contributed by atoms with Gasteiger partial charge in [-0.05, 0) is 56.9 Å². The minimum absolute atomic E-state index is 0.190. The standard InChI is InChI=1S/C26H29N3O3/c1-26(2)16-32-23-13-19(25(30)31-4)12-21(24(23)28(26)3)27-14-20-11-18-7-5-6-8-22(18)29(20)15-17-9-10-17/h5-8,11-14,17H,9-10,15-16H2,1-4H3/b27-14+. The minimum Gasteiger partial charge on any atom is -0.489 e. The van der Waals surface area contributed by atoms with Gasteiger partial charge in [0.1, 0.15) is 18.0 Å². The molecule has 0 bridgehead atoms. The monoisotopic (exact) mass is 431 g/mol. The van der Waals surface area contributed by atoms with E-state index in [0.29, 0.717) is 23.6 Å². The second-order valence-corrected chi connectivity index (χ2v) is 9.43. The molecule has 0 unspecified atom stereocenters. The number of para-hydroxylation sites is 1. The first kappa shape index (κ1) is 20.6. The van der Waals surface area contributed by atoms with Gasteiger partial charge in [0.05, 0.1) is 35.8 Å². The summed E-state index contributed by atoms with van der Waals surface area (Å²) >= 11 is 0. The summed E-state index contributed by atoms with van der Waals surface area (Å²) in [7, 11) is 3.43. The Labute approximate surface area is 188 Å². The summed E-state index contributed by atoms with van der Waals surface area (Å²) in [5, 5.41) is 1.21. The summed E-state index contributed by atoms with van der Waals surface area (Å²) in [5.41, 5.74) is 4.12. The predicted octanol–water partition coefficient (Wildman–Crippen LogP) is 5.20. The summed E-state index contributed by atoms with van der Waals surface area (Å²) in [6.07, 6.45) is 4.48. The Hall–Kier alpha value is -3.28. The molecule has 5 rings (SSSR count). The molecule has 1 saturated carbocycles. The zero-order valence-corrected chi connectivity index (χ0v) is 19.1. The molecule has 1 aliphatic carbocycles. The van der Waals surface area contributed by atoms with Crippen molar-refractivity contribution in [2.24, 2.45) is 10.9 Å². The lowest BCUT2D eigenvalue weighted by Gasteiger charge is -2.42. The molecular weight excluding hydrogens is 402 g/mol. The number of hydrogen-bond acceptors (Lipinski definition) is 5. The van der Waals surface area contributed by atoms with Crippen molar-refractivity contribution in [2.45, 2.75) is 38.8 Å². The average molecular weight is 432 g/mol. The Balaban J connectivity index is 1.61. The number of anilines is 1. The van der Waals surface area contributed by atoms with Crippen molar-refractivity contribution < 1.29 is 14.3 Å². The number of aliphatic imine (C=N–C) groups is 1. The number of likely N-dealkylation sites (N-methyl/N-ethyl adjacent to an activating group) is 1. The van der Waals surface area contributed by atoms with E-state index >= 15 is 0 Å². The fraction of sp³-hybridized carbons (Fsp3) is 0.385. The van der Waals surface area contributed by atoms with Gasteiger partial charge in [-0.3, -0.25) is 4.99 Å². The fourth-order valence-electron chi connectivity index (χ4n) is 4.26. The van der Waals surface area contributed by atoms with Crippen LogP contribution in [-0.2, 0) is 11.3 Å². The van der Waals surface area contributed by atoms with Crippen LogP contribution in [0.5, 0.6) is 5.75 Å². The third kappa shape index (κ3) is 3.64. The van der Waals surface area contributed by atoms with Gasteiger partial charge >= 0.3 is 5.97 Å². The highest BCUT2D eigenvalue weighted by molar-refractivity contribution is 5.96. The van der Waals surface area contributed by atoms with Crippen LogP contribution in [0.1, 0.15) is 42.7 Å². The molecule has 0 N–H and O–H groups in total. The van der Waals surface area contributed by atoms with E-state index in [2.05, 4.69) is 53.6 Å². The van der Waals surface area contributed by atoms with E-state index in [1.165, 1.54) is 30.9 Å². The zero-order valence-electron chi connectivity index (χ0n) is 19.1. The van der Waals surface area contributed by atoms with Gasteiger partial charge in [0.15, 0.2) is 0 Å². The van der Waals surface area contributed by atoms with Crippen LogP contribution in [0.4, 0.5) is 11.4 Å². The Morgan fingerprint density at radius 2 is 2.03 bits per heavy atom. The smallest absolute Gasteiger partial charge is 0.338 e. The molecule has 2 aromatic carbocycles. The first-order valence-electron chi connectivity index (χ1n) is 11.1. The lowest BCUT2D eigenvalue weighted by Crippen LogP contribution is -2.49. The zero-order chi connectivity index (χ0) is 22.5. The minimum atomic E-state index is -0.400. The highest BCUT2D eigenvalue weighted by Crippen LogP contribution is 2.45. The van der Waals surface area contributed by atoms with Gasteiger partial charge in [-0.25, -0.2) is 4.79 Å². The van der Waals surface area contributed by atoms with E-state index in [4.69, 9.17) is 14.5 Å². The fourth-order valence-corrected chi connectivity index (χ4v) is 4.26. The van der Waals surface area contributed by atoms with Crippen LogP contribution in [0.2, 0.25) is 0 Å². The molecular formula is C26H29N3O3. The third-order valence-electron chi connectivity index (χ3n) is 6.62. The van der Waals surface area contributed by atoms with Gasteiger partial charge in [0.25, 0.3) is 0 Å². The quantitative estimate of drug-likeness (QED) is 0.412. The molecule has 0 spiro atoms. The third-order valence-corrected chi connectivity index (χ3v) is 6.62. The molecule has 166 valence electrons. The van der Waals surface area contributed by atoms with Crippen molar-refractivity contribution in [3.63, 3.8) is 0 Å². The molecule has 0 atom stereocenters. The van der Waals surface area contributed by atoms with Gasteiger partial charge in [-0.2, -0.15) is 0 Å². The normalized spacial score (nSPS) is 17.4. The number of aromatic nitrogens is 1. The van der Waals surface area contributed by atoms with E-state index in [9.17, 15) is 4.79 Å². The van der Waals surface area contributed by atoms with Crippen molar-refractivity contribution in [3.8, 4) is 5.75 Å². The topological polar surface area (TPSA) is 56.1 Å². The maximum absolute atomic E-state index is 12.3. The van der Waals surface area contributed by atoms with Crippen LogP contribution in [0.15, 0.2) is 47.5 Å². The number of esters is 1. The second kappa shape index (κ2) is 7.69. The molecule has 1 aliphatic heterocycles. The predicted molar refractivity (Wildman–Crippen MR) is 128 cm³/mol. The largest absolute Gasteiger partial charge is 0.489 e. The van der Waals surface area contributed by atoms with Crippen molar-refractivity contribution in [3.05, 3.63) is 53.7 Å². The van der Waals surface area contributed by atoms with Crippen LogP contribution in [0.25, 0.3) is 10.9 Å². The summed E-state index contributed by atoms with van der Waals surface area (Å²) in [4.78, 5) is 19.4. The molecule has 0 amide bonds. The number of benzene rings is 2. The van der Waals surface area contributed by atoms with Crippen LogP contribution < -0.4 is 9.64 Å². The summed E-state index contributed by atoms with van der Waals surface area (Å²) in [5.74, 6) is 0.997. The number of ether oxygens (including phenoxy) is 2. The lowest BCUT2D eigenvalue weighted by molar-refractivity contribution is 0.0600.